The van der Waals surface area contributed by atoms with Gasteiger partial charge in [0.05, 0.1) is 31.9 Å². The van der Waals surface area contributed by atoms with Crippen LogP contribution in [0.25, 0.3) is 0 Å². The Kier molecular flexibility index (Phi) is 7.28. The minimum atomic E-state index is -2.80. The fraction of sp³-hybridized carbons (Fsp3) is 0.483. The van der Waals surface area contributed by atoms with Gasteiger partial charge in [-0.05, 0) is 55.4 Å². The largest absolute Gasteiger partial charge is 0.497 e. The molecule has 2 aromatic rings. The predicted molar refractivity (Wildman–Crippen MR) is 149 cm³/mol. The van der Waals surface area contributed by atoms with Crippen molar-refractivity contribution in [3.05, 3.63) is 53.6 Å². The molecule has 40 heavy (non-hydrogen) atoms. The number of hydrogen-bond donors (Lipinski definition) is 2. The molecule has 1 unspecified atom stereocenters. The lowest BCUT2D eigenvalue weighted by molar-refractivity contribution is -0.154. The maximum absolute atomic E-state index is 14.4. The van der Waals surface area contributed by atoms with Gasteiger partial charge < -0.3 is 29.0 Å². The smallest absolute Gasteiger partial charge is 0.304 e. The number of methoxy groups -OCH3 is 1. The zero-order valence-electron chi connectivity index (χ0n) is 23.4. The Morgan fingerprint density at radius 3 is 2.58 bits per heavy atom. The van der Waals surface area contributed by atoms with Gasteiger partial charge >= 0.3 is 5.97 Å². The Labute approximate surface area is 234 Å². The number of esters is 1. The van der Waals surface area contributed by atoms with Crippen molar-refractivity contribution in [1.29, 1.82) is 0 Å². The molecule has 5 atom stereocenters. The third-order valence-electron chi connectivity index (χ3n) is 8.34. The molecule has 0 saturated carbocycles. The fourth-order valence-electron chi connectivity index (χ4n) is 6.71. The van der Waals surface area contributed by atoms with E-state index in [-0.39, 0.29) is 42.8 Å². The molecule has 2 amide bonds. The summed E-state index contributed by atoms with van der Waals surface area (Å²) in [5.74, 6) is -0.622. The summed E-state index contributed by atoms with van der Waals surface area (Å²) < 4.78 is 17.4. The highest BCUT2D eigenvalue weighted by molar-refractivity contribution is 6.71. The van der Waals surface area contributed by atoms with E-state index in [9.17, 15) is 24.3 Å². The van der Waals surface area contributed by atoms with E-state index in [0.29, 0.717) is 29.1 Å². The predicted octanol–water partition coefficient (Wildman–Crippen LogP) is 3.05. The molecule has 0 aromatic heterocycles. The standard InChI is InChI=1S/C29H36N2O8Si/c1-17-27(40(4,5)36)24(11-12-32)39-29(17)22-14-21(37-3)9-10-23(22)30(28(29)35)16-19-7-6-8-20(13-19)31-25(34)15-26(31)38-18(2)33/h6-10,13-14,17,24,26-27,32,36H,11-12,15-16H2,1-5H3/t17-,24+,26?,27-,29+/m1/s1. The number of carbonyl (C=O) groups is 3. The maximum Gasteiger partial charge on any atom is 0.304 e. The van der Waals surface area contributed by atoms with Crippen molar-refractivity contribution in [1.82, 2.24) is 0 Å². The molecule has 3 heterocycles. The van der Waals surface area contributed by atoms with Crippen LogP contribution in [-0.2, 0) is 36.0 Å². The van der Waals surface area contributed by atoms with Crippen molar-refractivity contribution in [3.63, 3.8) is 0 Å². The van der Waals surface area contributed by atoms with Crippen molar-refractivity contribution in [3.8, 4) is 5.75 Å². The summed E-state index contributed by atoms with van der Waals surface area (Å²) >= 11 is 0. The lowest BCUT2D eigenvalue weighted by Crippen LogP contribution is -2.54. The minimum absolute atomic E-state index is 0.117. The topological polar surface area (TPSA) is 126 Å². The first-order valence-electron chi connectivity index (χ1n) is 13.5. The van der Waals surface area contributed by atoms with Crippen LogP contribution in [0.4, 0.5) is 11.4 Å². The molecular formula is C29H36N2O8Si. The van der Waals surface area contributed by atoms with Gasteiger partial charge in [0.25, 0.3) is 5.91 Å². The number of rotatable bonds is 8. The highest BCUT2D eigenvalue weighted by atomic mass is 28.4. The van der Waals surface area contributed by atoms with Crippen molar-refractivity contribution < 1.29 is 38.5 Å². The van der Waals surface area contributed by atoms with Gasteiger partial charge in [-0.25, -0.2) is 0 Å². The fourth-order valence-corrected chi connectivity index (χ4v) is 9.31. The van der Waals surface area contributed by atoms with Gasteiger partial charge in [-0.2, -0.15) is 0 Å². The van der Waals surface area contributed by atoms with E-state index in [2.05, 4.69) is 0 Å². The lowest BCUT2D eigenvalue weighted by atomic mass is 9.82. The van der Waals surface area contributed by atoms with E-state index in [1.807, 2.05) is 44.3 Å². The molecule has 1 spiro atoms. The summed E-state index contributed by atoms with van der Waals surface area (Å²) in [7, 11) is -1.24. The number of aliphatic hydroxyl groups excluding tert-OH is 1. The van der Waals surface area contributed by atoms with Gasteiger partial charge in [0.2, 0.25) is 5.91 Å². The zero-order valence-corrected chi connectivity index (χ0v) is 24.4. The van der Waals surface area contributed by atoms with Gasteiger partial charge in [-0.15, -0.1) is 0 Å². The molecule has 5 rings (SSSR count). The molecule has 10 nitrogen and oxygen atoms in total. The normalized spacial score (nSPS) is 27.7. The summed E-state index contributed by atoms with van der Waals surface area (Å²) in [6.45, 7) is 7.03. The minimum Gasteiger partial charge on any atom is -0.497 e. The third-order valence-corrected chi connectivity index (χ3v) is 10.8. The second kappa shape index (κ2) is 10.3. The molecule has 2 aromatic carbocycles. The molecule has 0 aliphatic carbocycles. The Hall–Kier alpha value is -3.25. The van der Waals surface area contributed by atoms with Crippen LogP contribution in [0.2, 0.25) is 18.6 Å². The van der Waals surface area contributed by atoms with Gasteiger partial charge in [0, 0.05) is 36.2 Å². The average Bonchev–Trinajstić information content (AvgIpc) is 3.30. The van der Waals surface area contributed by atoms with Crippen LogP contribution in [0, 0.1) is 5.92 Å². The first kappa shape index (κ1) is 28.3. The molecule has 214 valence electrons. The van der Waals surface area contributed by atoms with Crippen LogP contribution in [0.15, 0.2) is 42.5 Å². The number of fused-ring (bicyclic) bond motifs is 2. The summed E-state index contributed by atoms with van der Waals surface area (Å²) in [5, 5.41) is 9.78. The molecule has 11 heteroatoms. The van der Waals surface area contributed by atoms with E-state index >= 15 is 0 Å². The molecule has 3 aliphatic heterocycles. The summed E-state index contributed by atoms with van der Waals surface area (Å²) in [6, 6.07) is 12.7. The number of benzene rings is 2. The van der Waals surface area contributed by atoms with Crippen molar-refractivity contribution in [2.24, 2.45) is 5.92 Å². The van der Waals surface area contributed by atoms with Crippen LogP contribution >= 0.6 is 0 Å². The molecule has 3 aliphatic rings. The quantitative estimate of drug-likeness (QED) is 0.283. The van der Waals surface area contributed by atoms with Gasteiger partial charge in [-0.1, -0.05) is 19.1 Å². The number of carbonyl (C=O) groups excluding carboxylic acids is 3. The van der Waals surface area contributed by atoms with Crippen molar-refractivity contribution in [2.75, 3.05) is 23.5 Å². The van der Waals surface area contributed by atoms with Crippen LogP contribution < -0.4 is 14.5 Å². The number of anilines is 2. The zero-order chi connectivity index (χ0) is 29.0. The number of aliphatic hydroxyl groups is 1. The highest BCUT2D eigenvalue weighted by Gasteiger charge is 2.66. The first-order chi connectivity index (χ1) is 18.9. The number of β-lactam (4-membered cyclic amide) rings is 1. The summed E-state index contributed by atoms with van der Waals surface area (Å²) in [5.41, 5.74) is 1.10. The second-order valence-electron chi connectivity index (χ2n) is 11.3. The Morgan fingerprint density at radius 2 is 1.95 bits per heavy atom. The number of ether oxygens (including phenoxy) is 3. The molecule has 2 saturated heterocycles. The van der Waals surface area contributed by atoms with Gasteiger partial charge in [0.1, 0.15) is 5.75 Å². The van der Waals surface area contributed by atoms with E-state index < -0.39 is 32.2 Å². The van der Waals surface area contributed by atoms with E-state index in [1.54, 1.807) is 30.2 Å². The molecule has 0 bridgehead atoms. The van der Waals surface area contributed by atoms with Crippen LogP contribution in [0.5, 0.6) is 5.75 Å². The van der Waals surface area contributed by atoms with E-state index in [4.69, 9.17) is 14.2 Å². The Morgan fingerprint density at radius 1 is 1.20 bits per heavy atom. The number of amides is 2. The van der Waals surface area contributed by atoms with Gasteiger partial charge in [0.15, 0.2) is 20.1 Å². The Balaban J connectivity index is 1.52. The number of nitrogens with zero attached hydrogens (tertiary/aromatic N) is 2. The van der Waals surface area contributed by atoms with E-state index in [0.717, 1.165) is 5.56 Å². The molecular weight excluding hydrogens is 532 g/mol. The summed E-state index contributed by atoms with van der Waals surface area (Å²) in [6.07, 6.45) is -0.685. The SMILES string of the molecule is COc1ccc2c(c1)[C@]1(O[C@@H](CCO)[C@H]([Si](C)(C)O)[C@H]1C)C(=O)N2Cc1cccc(N2C(=O)CC2OC(C)=O)c1. The maximum atomic E-state index is 14.4. The molecule has 2 fully saturated rings. The first-order valence-corrected chi connectivity index (χ1v) is 16.5. The highest BCUT2D eigenvalue weighted by Crippen LogP contribution is 2.60. The number of hydrogen-bond acceptors (Lipinski definition) is 8. The Bertz CT molecular complexity index is 1340. The van der Waals surface area contributed by atoms with Crippen molar-refractivity contribution >= 4 is 37.5 Å². The monoisotopic (exact) mass is 568 g/mol. The van der Waals surface area contributed by atoms with E-state index in [1.165, 1.54) is 11.8 Å². The van der Waals surface area contributed by atoms with Crippen LogP contribution in [0.1, 0.15) is 37.8 Å². The van der Waals surface area contributed by atoms with Crippen LogP contribution in [-0.4, -0.2) is 62.1 Å². The van der Waals surface area contributed by atoms with Crippen molar-refractivity contribution in [2.45, 2.75) is 69.8 Å². The molecule has 0 radical (unpaired) electrons. The van der Waals surface area contributed by atoms with Crippen LogP contribution in [0.3, 0.4) is 0 Å². The average molecular weight is 569 g/mol. The lowest BCUT2D eigenvalue weighted by Gasteiger charge is -2.39. The van der Waals surface area contributed by atoms with Gasteiger partial charge in [-0.3, -0.25) is 19.3 Å². The summed E-state index contributed by atoms with van der Waals surface area (Å²) in [4.78, 5) is 52.6. The molecule has 2 N–H and O–H groups in total. The third kappa shape index (κ3) is 4.50. The second-order valence-corrected chi connectivity index (χ2v) is 15.3.